The van der Waals surface area contributed by atoms with Gasteiger partial charge in [0, 0.05) is 5.54 Å². The van der Waals surface area contributed by atoms with E-state index in [2.05, 4.69) is 0 Å². The number of hydrogen-bond donors (Lipinski definition) is 1. The van der Waals surface area contributed by atoms with Crippen LogP contribution in [0.4, 0.5) is 0 Å². The number of benzene rings is 1. The number of carbonyl (C=O) groups excluding carboxylic acids is 2. The van der Waals surface area contributed by atoms with Gasteiger partial charge in [-0.25, -0.2) is 0 Å². The molecule has 1 aliphatic rings. The molecule has 0 bridgehead atoms. The Morgan fingerprint density at radius 1 is 1.19 bits per heavy atom. The lowest BCUT2D eigenvalue weighted by atomic mass is 9.94. The minimum absolute atomic E-state index is 0.161. The number of aliphatic hydroxyl groups is 1. The van der Waals surface area contributed by atoms with Crippen molar-refractivity contribution < 1.29 is 14.7 Å². The summed E-state index contributed by atoms with van der Waals surface area (Å²) in [5, 5.41) is 10.8. The SMILES string of the molecule is CC(=O)C1=C(c2ccccc2)C(=O)N(C(C)(C)C)C1(C)O. The highest BCUT2D eigenvalue weighted by Crippen LogP contribution is 2.42. The van der Waals surface area contributed by atoms with Crippen molar-refractivity contribution in [2.45, 2.75) is 45.9 Å². The summed E-state index contributed by atoms with van der Waals surface area (Å²) >= 11 is 0. The molecule has 1 aromatic rings. The number of nitrogens with zero attached hydrogens (tertiary/aromatic N) is 1. The van der Waals surface area contributed by atoms with Gasteiger partial charge in [0.1, 0.15) is 0 Å². The van der Waals surface area contributed by atoms with E-state index in [1.165, 1.54) is 18.7 Å². The van der Waals surface area contributed by atoms with Crippen LogP contribution in [0.5, 0.6) is 0 Å². The third-order valence-corrected chi connectivity index (χ3v) is 3.66. The zero-order valence-corrected chi connectivity index (χ0v) is 13.1. The third kappa shape index (κ3) is 2.40. The van der Waals surface area contributed by atoms with E-state index in [1.54, 1.807) is 12.1 Å². The molecule has 1 amide bonds. The van der Waals surface area contributed by atoms with Gasteiger partial charge in [0.25, 0.3) is 5.91 Å². The van der Waals surface area contributed by atoms with Gasteiger partial charge in [0.2, 0.25) is 0 Å². The first-order chi connectivity index (χ1) is 9.58. The van der Waals surface area contributed by atoms with Crippen molar-refractivity contribution in [2.75, 3.05) is 0 Å². The van der Waals surface area contributed by atoms with Crippen LogP contribution in [0.2, 0.25) is 0 Å². The number of carbonyl (C=O) groups is 2. The average Bonchev–Trinajstić information content (AvgIpc) is 2.55. The van der Waals surface area contributed by atoms with Crippen molar-refractivity contribution in [3.8, 4) is 0 Å². The molecule has 0 spiro atoms. The van der Waals surface area contributed by atoms with E-state index < -0.39 is 11.3 Å². The fraction of sp³-hybridized carbons (Fsp3) is 0.412. The normalized spacial score (nSPS) is 23.0. The summed E-state index contributed by atoms with van der Waals surface area (Å²) < 4.78 is 0. The summed E-state index contributed by atoms with van der Waals surface area (Å²) in [6.07, 6.45) is 0. The molecule has 0 aliphatic carbocycles. The molecule has 4 heteroatoms. The van der Waals surface area contributed by atoms with E-state index in [9.17, 15) is 14.7 Å². The van der Waals surface area contributed by atoms with Crippen LogP contribution in [0, 0.1) is 0 Å². The Morgan fingerprint density at radius 2 is 1.71 bits per heavy atom. The highest BCUT2D eigenvalue weighted by atomic mass is 16.3. The fourth-order valence-corrected chi connectivity index (χ4v) is 3.10. The standard InChI is InChI=1S/C17H21NO3/c1-11(19)14-13(12-9-7-6-8-10-12)15(20)18(16(2,3)4)17(14,5)21/h6-10,21H,1-5H3. The second-order valence-corrected chi connectivity index (χ2v) is 6.50. The number of ketones is 1. The first-order valence-corrected chi connectivity index (χ1v) is 6.96. The highest BCUT2D eigenvalue weighted by Gasteiger charge is 2.53. The molecule has 0 radical (unpaired) electrons. The molecule has 21 heavy (non-hydrogen) atoms. The quantitative estimate of drug-likeness (QED) is 0.908. The van der Waals surface area contributed by atoms with Gasteiger partial charge in [-0.15, -0.1) is 0 Å². The maximum Gasteiger partial charge on any atom is 0.258 e. The monoisotopic (exact) mass is 287 g/mol. The molecule has 1 atom stereocenters. The van der Waals surface area contributed by atoms with E-state index >= 15 is 0 Å². The topological polar surface area (TPSA) is 57.6 Å². The van der Waals surface area contributed by atoms with Gasteiger partial charge in [-0.1, -0.05) is 30.3 Å². The lowest BCUT2D eigenvalue weighted by Crippen LogP contribution is -2.56. The maximum atomic E-state index is 12.8. The van der Waals surface area contributed by atoms with Crippen molar-refractivity contribution in [1.82, 2.24) is 4.90 Å². The van der Waals surface area contributed by atoms with E-state index in [4.69, 9.17) is 0 Å². The molecule has 2 rings (SSSR count). The van der Waals surface area contributed by atoms with E-state index in [0.29, 0.717) is 11.1 Å². The molecule has 112 valence electrons. The summed E-state index contributed by atoms with van der Waals surface area (Å²) in [6.45, 7) is 8.40. The van der Waals surface area contributed by atoms with E-state index in [0.717, 1.165) is 0 Å². The van der Waals surface area contributed by atoms with Crippen LogP contribution in [0.1, 0.15) is 40.2 Å². The molecule has 4 nitrogen and oxygen atoms in total. The van der Waals surface area contributed by atoms with Crippen molar-refractivity contribution in [3.63, 3.8) is 0 Å². The second kappa shape index (κ2) is 4.81. The Morgan fingerprint density at radius 3 is 2.14 bits per heavy atom. The second-order valence-electron chi connectivity index (χ2n) is 6.50. The smallest absolute Gasteiger partial charge is 0.258 e. The molecule has 0 saturated carbocycles. The Bertz CT molecular complexity index is 621. The molecular formula is C17H21NO3. The molecule has 1 aliphatic heterocycles. The van der Waals surface area contributed by atoms with Crippen molar-refractivity contribution >= 4 is 17.3 Å². The molecule has 0 saturated heterocycles. The van der Waals surface area contributed by atoms with Crippen LogP contribution in [0.15, 0.2) is 35.9 Å². The molecular weight excluding hydrogens is 266 g/mol. The zero-order valence-electron chi connectivity index (χ0n) is 13.1. The molecule has 1 N–H and O–H groups in total. The fourth-order valence-electron chi connectivity index (χ4n) is 3.10. The number of amides is 1. The highest BCUT2D eigenvalue weighted by molar-refractivity contribution is 6.29. The predicted octanol–water partition coefficient (Wildman–Crippen LogP) is 2.38. The molecule has 1 aromatic carbocycles. The van der Waals surface area contributed by atoms with Gasteiger partial charge in [0.15, 0.2) is 11.5 Å². The summed E-state index contributed by atoms with van der Waals surface area (Å²) in [7, 11) is 0. The van der Waals surface area contributed by atoms with Gasteiger partial charge in [-0.3, -0.25) is 9.59 Å². The number of Topliss-reactive ketones (excluding diaryl/α,β-unsaturated/α-hetero) is 1. The summed E-state index contributed by atoms with van der Waals surface area (Å²) in [4.78, 5) is 26.3. The lowest BCUT2D eigenvalue weighted by Gasteiger charge is -2.41. The number of rotatable bonds is 2. The minimum atomic E-state index is -1.60. The Hall–Kier alpha value is -1.94. The molecule has 0 fully saturated rings. The van der Waals surface area contributed by atoms with Crippen LogP contribution in [0.3, 0.4) is 0 Å². The van der Waals surface area contributed by atoms with Crippen LogP contribution < -0.4 is 0 Å². The van der Waals surface area contributed by atoms with Crippen molar-refractivity contribution in [1.29, 1.82) is 0 Å². The van der Waals surface area contributed by atoms with Crippen molar-refractivity contribution in [3.05, 3.63) is 41.5 Å². The van der Waals surface area contributed by atoms with Gasteiger partial charge >= 0.3 is 0 Å². The maximum absolute atomic E-state index is 12.8. The van der Waals surface area contributed by atoms with Crippen LogP contribution >= 0.6 is 0 Å². The minimum Gasteiger partial charge on any atom is -0.367 e. The first-order valence-electron chi connectivity index (χ1n) is 6.96. The van der Waals surface area contributed by atoms with E-state index in [1.807, 2.05) is 39.0 Å². The first kappa shape index (κ1) is 15.4. The predicted molar refractivity (Wildman–Crippen MR) is 81.3 cm³/mol. The summed E-state index contributed by atoms with van der Waals surface area (Å²) in [6, 6.07) is 9.01. The largest absolute Gasteiger partial charge is 0.367 e. The van der Waals surface area contributed by atoms with Gasteiger partial charge in [-0.2, -0.15) is 0 Å². The van der Waals surface area contributed by atoms with Crippen molar-refractivity contribution in [2.24, 2.45) is 0 Å². The Kier molecular flexibility index (Phi) is 3.54. The zero-order chi connectivity index (χ0) is 16.0. The molecule has 0 aromatic heterocycles. The van der Waals surface area contributed by atoms with Crippen LogP contribution in [-0.2, 0) is 9.59 Å². The van der Waals surface area contributed by atoms with E-state index in [-0.39, 0.29) is 17.3 Å². The summed E-state index contributed by atoms with van der Waals surface area (Å²) in [5.41, 5.74) is -1.10. The van der Waals surface area contributed by atoms with Gasteiger partial charge < -0.3 is 10.0 Å². The van der Waals surface area contributed by atoms with Gasteiger partial charge in [0.05, 0.1) is 11.1 Å². The Balaban J connectivity index is 2.72. The van der Waals surface area contributed by atoms with Crippen LogP contribution in [0.25, 0.3) is 5.57 Å². The van der Waals surface area contributed by atoms with Crippen LogP contribution in [-0.4, -0.2) is 33.0 Å². The average molecular weight is 287 g/mol. The lowest BCUT2D eigenvalue weighted by molar-refractivity contribution is -0.152. The van der Waals surface area contributed by atoms with Gasteiger partial charge in [-0.05, 0) is 40.2 Å². The Labute approximate surface area is 125 Å². The summed E-state index contributed by atoms with van der Waals surface area (Å²) in [5.74, 6) is -0.608. The number of hydrogen-bond acceptors (Lipinski definition) is 3. The molecule has 1 heterocycles. The third-order valence-electron chi connectivity index (χ3n) is 3.66. The molecule has 1 unspecified atom stereocenters.